The Morgan fingerprint density at radius 2 is 1.88 bits per heavy atom. The summed E-state index contributed by atoms with van der Waals surface area (Å²) in [5.41, 5.74) is 1.28. The minimum Gasteiger partial charge on any atom is -0.497 e. The minimum atomic E-state index is 0.851. The van der Waals surface area contributed by atoms with Crippen molar-refractivity contribution in [2.24, 2.45) is 0 Å². The first kappa shape index (κ1) is 14.0. The van der Waals surface area contributed by atoms with E-state index in [1.165, 1.54) is 5.56 Å². The van der Waals surface area contributed by atoms with Crippen LogP contribution in [-0.2, 0) is 11.3 Å². The minimum absolute atomic E-state index is 0.851. The molecule has 1 aromatic carbocycles. The highest BCUT2D eigenvalue weighted by Crippen LogP contribution is 2.10. The van der Waals surface area contributed by atoms with Crippen molar-refractivity contribution in [1.82, 2.24) is 5.32 Å². The van der Waals surface area contributed by atoms with E-state index in [1.807, 2.05) is 12.1 Å². The standard InChI is InChI=1S/C14H23NO2/c1-3-10-17-11-4-9-15-12-13-5-7-14(16-2)8-6-13/h5-8,15H,3-4,9-12H2,1-2H3. The summed E-state index contributed by atoms with van der Waals surface area (Å²) < 4.78 is 10.5. The number of benzene rings is 1. The van der Waals surface area contributed by atoms with E-state index in [9.17, 15) is 0 Å². The van der Waals surface area contributed by atoms with Crippen LogP contribution >= 0.6 is 0 Å². The predicted molar refractivity (Wildman–Crippen MR) is 70.4 cm³/mol. The van der Waals surface area contributed by atoms with E-state index in [2.05, 4.69) is 24.4 Å². The van der Waals surface area contributed by atoms with Crippen LogP contribution in [0.5, 0.6) is 5.75 Å². The van der Waals surface area contributed by atoms with Gasteiger partial charge in [-0.25, -0.2) is 0 Å². The summed E-state index contributed by atoms with van der Waals surface area (Å²) in [4.78, 5) is 0. The molecule has 1 rings (SSSR count). The molecule has 0 saturated carbocycles. The molecule has 0 aliphatic carbocycles. The lowest BCUT2D eigenvalue weighted by Crippen LogP contribution is -2.16. The Morgan fingerprint density at radius 3 is 2.53 bits per heavy atom. The lowest BCUT2D eigenvalue weighted by molar-refractivity contribution is 0.132. The topological polar surface area (TPSA) is 30.5 Å². The average Bonchev–Trinajstić information content (AvgIpc) is 2.38. The van der Waals surface area contributed by atoms with Crippen LogP contribution in [0.25, 0.3) is 0 Å². The van der Waals surface area contributed by atoms with E-state index in [4.69, 9.17) is 9.47 Å². The number of nitrogens with one attached hydrogen (secondary N) is 1. The normalized spacial score (nSPS) is 10.5. The van der Waals surface area contributed by atoms with Gasteiger partial charge in [-0.2, -0.15) is 0 Å². The Kier molecular flexibility index (Phi) is 7.43. The zero-order chi connectivity index (χ0) is 12.3. The number of hydrogen-bond acceptors (Lipinski definition) is 3. The van der Waals surface area contributed by atoms with Crippen LogP contribution in [0.3, 0.4) is 0 Å². The molecule has 1 N–H and O–H groups in total. The number of rotatable bonds is 9. The summed E-state index contributed by atoms with van der Waals surface area (Å²) in [6.07, 6.45) is 2.16. The molecule has 0 amide bonds. The fourth-order valence-electron chi connectivity index (χ4n) is 1.52. The molecule has 3 nitrogen and oxygen atoms in total. The van der Waals surface area contributed by atoms with Gasteiger partial charge >= 0.3 is 0 Å². The first-order chi connectivity index (χ1) is 8.36. The van der Waals surface area contributed by atoms with Crippen LogP contribution in [-0.4, -0.2) is 26.9 Å². The third kappa shape index (κ3) is 6.29. The summed E-state index contributed by atoms with van der Waals surface area (Å²) in [7, 11) is 1.68. The molecule has 0 radical (unpaired) electrons. The van der Waals surface area contributed by atoms with Gasteiger partial charge in [-0.1, -0.05) is 19.1 Å². The number of hydrogen-bond donors (Lipinski definition) is 1. The maximum atomic E-state index is 5.41. The first-order valence-electron chi connectivity index (χ1n) is 6.28. The summed E-state index contributed by atoms with van der Waals surface area (Å²) in [5, 5.41) is 3.40. The molecule has 1 aromatic rings. The highest BCUT2D eigenvalue weighted by atomic mass is 16.5. The average molecular weight is 237 g/mol. The molecule has 96 valence electrons. The summed E-state index contributed by atoms with van der Waals surface area (Å²) >= 11 is 0. The molecule has 3 heteroatoms. The van der Waals surface area contributed by atoms with Crippen LogP contribution in [0, 0.1) is 0 Å². The molecule has 0 saturated heterocycles. The van der Waals surface area contributed by atoms with Crippen LogP contribution in [0.4, 0.5) is 0 Å². The zero-order valence-electron chi connectivity index (χ0n) is 10.9. The zero-order valence-corrected chi connectivity index (χ0v) is 10.9. The lowest BCUT2D eigenvalue weighted by atomic mass is 10.2. The Bertz CT molecular complexity index is 285. The van der Waals surface area contributed by atoms with E-state index in [0.717, 1.165) is 44.9 Å². The molecule has 0 unspecified atom stereocenters. The maximum Gasteiger partial charge on any atom is 0.118 e. The molecule has 0 aliphatic rings. The van der Waals surface area contributed by atoms with Gasteiger partial charge in [-0.05, 0) is 37.1 Å². The molecule has 0 fully saturated rings. The van der Waals surface area contributed by atoms with Crippen molar-refractivity contribution >= 4 is 0 Å². The Morgan fingerprint density at radius 1 is 1.12 bits per heavy atom. The van der Waals surface area contributed by atoms with Crippen molar-refractivity contribution in [2.75, 3.05) is 26.9 Å². The van der Waals surface area contributed by atoms with Crippen LogP contribution in [0.15, 0.2) is 24.3 Å². The fraction of sp³-hybridized carbons (Fsp3) is 0.571. The van der Waals surface area contributed by atoms with Gasteiger partial charge in [-0.15, -0.1) is 0 Å². The SMILES string of the molecule is CCCOCCCNCc1ccc(OC)cc1. The maximum absolute atomic E-state index is 5.41. The van der Waals surface area contributed by atoms with Crippen LogP contribution in [0.2, 0.25) is 0 Å². The molecule has 0 heterocycles. The highest BCUT2D eigenvalue weighted by molar-refractivity contribution is 5.26. The van der Waals surface area contributed by atoms with Crippen molar-refractivity contribution in [3.05, 3.63) is 29.8 Å². The van der Waals surface area contributed by atoms with Crippen LogP contribution in [0.1, 0.15) is 25.3 Å². The largest absolute Gasteiger partial charge is 0.497 e. The van der Waals surface area contributed by atoms with Gasteiger partial charge in [0, 0.05) is 19.8 Å². The van der Waals surface area contributed by atoms with Gasteiger partial charge in [0.05, 0.1) is 7.11 Å². The summed E-state index contributed by atoms with van der Waals surface area (Å²) in [5.74, 6) is 0.904. The first-order valence-corrected chi connectivity index (χ1v) is 6.28. The molecule has 0 atom stereocenters. The molecular weight excluding hydrogens is 214 g/mol. The van der Waals surface area contributed by atoms with Crippen molar-refractivity contribution < 1.29 is 9.47 Å². The Balaban J connectivity index is 2.05. The lowest BCUT2D eigenvalue weighted by Gasteiger charge is -2.06. The summed E-state index contributed by atoms with van der Waals surface area (Å²) in [6, 6.07) is 8.14. The van der Waals surface area contributed by atoms with E-state index >= 15 is 0 Å². The van der Waals surface area contributed by atoms with Gasteiger partial charge in [-0.3, -0.25) is 0 Å². The van der Waals surface area contributed by atoms with E-state index in [-0.39, 0.29) is 0 Å². The molecular formula is C14H23NO2. The molecule has 0 bridgehead atoms. The third-order valence-electron chi connectivity index (χ3n) is 2.48. The van der Waals surface area contributed by atoms with E-state index in [0.29, 0.717) is 0 Å². The highest BCUT2D eigenvalue weighted by Gasteiger charge is 1.94. The molecule has 0 aliphatic heterocycles. The molecule has 0 spiro atoms. The summed E-state index contributed by atoms with van der Waals surface area (Å²) in [6.45, 7) is 5.75. The van der Waals surface area contributed by atoms with Crippen molar-refractivity contribution in [2.45, 2.75) is 26.3 Å². The van der Waals surface area contributed by atoms with Gasteiger partial charge in [0.15, 0.2) is 0 Å². The smallest absolute Gasteiger partial charge is 0.118 e. The quantitative estimate of drug-likeness (QED) is 0.670. The van der Waals surface area contributed by atoms with E-state index in [1.54, 1.807) is 7.11 Å². The number of ether oxygens (including phenoxy) is 2. The van der Waals surface area contributed by atoms with Crippen molar-refractivity contribution in [1.29, 1.82) is 0 Å². The fourth-order valence-corrected chi connectivity index (χ4v) is 1.52. The second-order valence-corrected chi connectivity index (χ2v) is 3.99. The second-order valence-electron chi connectivity index (χ2n) is 3.99. The monoisotopic (exact) mass is 237 g/mol. The molecule has 17 heavy (non-hydrogen) atoms. The Hall–Kier alpha value is -1.06. The van der Waals surface area contributed by atoms with Gasteiger partial charge in [0.2, 0.25) is 0 Å². The van der Waals surface area contributed by atoms with Crippen LogP contribution < -0.4 is 10.1 Å². The van der Waals surface area contributed by atoms with E-state index < -0.39 is 0 Å². The van der Waals surface area contributed by atoms with Gasteiger partial charge in [0.25, 0.3) is 0 Å². The van der Waals surface area contributed by atoms with Gasteiger partial charge < -0.3 is 14.8 Å². The van der Waals surface area contributed by atoms with Crippen molar-refractivity contribution in [3.63, 3.8) is 0 Å². The van der Waals surface area contributed by atoms with Gasteiger partial charge in [0.1, 0.15) is 5.75 Å². The second kappa shape index (κ2) is 9.02. The Labute approximate surface area is 104 Å². The molecule has 0 aromatic heterocycles. The number of methoxy groups -OCH3 is 1. The predicted octanol–water partition coefficient (Wildman–Crippen LogP) is 2.60. The third-order valence-corrected chi connectivity index (χ3v) is 2.48. The van der Waals surface area contributed by atoms with Crippen molar-refractivity contribution in [3.8, 4) is 5.75 Å².